The topological polar surface area (TPSA) is 51.0 Å². The molecule has 1 aliphatic carbocycles. The van der Waals surface area contributed by atoms with Crippen LogP contribution in [0.1, 0.15) is 54.2 Å². The van der Waals surface area contributed by atoms with E-state index in [2.05, 4.69) is 9.97 Å². The van der Waals surface area contributed by atoms with Crippen LogP contribution >= 0.6 is 11.6 Å². The van der Waals surface area contributed by atoms with Gasteiger partial charge in [-0.15, -0.1) is 0 Å². The van der Waals surface area contributed by atoms with E-state index in [1.54, 1.807) is 31.5 Å². The zero-order valence-electron chi connectivity index (χ0n) is 13.4. The van der Waals surface area contributed by atoms with Crippen molar-refractivity contribution in [3.63, 3.8) is 0 Å². The number of carbonyl (C=O) groups excluding carboxylic acids is 1. The average molecular weight is 323 g/mol. The standard InChI is InChI=1S/C16H23ClN4O/c1-12-9-14(15(22)20(2)3)21(11-19-16(17)18-10-12)13-7-5-4-6-8-13/h9-11,13H,4-8H2,1-3H3. The van der Waals surface area contributed by atoms with E-state index in [1.165, 1.54) is 19.3 Å². The second kappa shape index (κ2) is 7.58. The summed E-state index contributed by atoms with van der Waals surface area (Å²) < 4.78 is 1.97. The number of nitrogens with zero attached hydrogens (tertiary/aromatic N) is 4. The Morgan fingerprint density at radius 1 is 1.27 bits per heavy atom. The smallest absolute Gasteiger partial charge is 0.270 e. The summed E-state index contributed by atoms with van der Waals surface area (Å²) in [5.41, 5.74) is 1.49. The van der Waals surface area contributed by atoms with Crippen molar-refractivity contribution < 1.29 is 4.79 Å². The first kappa shape index (κ1) is 16.7. The summed E-state index contributed by atoms with van der Waals surface area (Å²) >= 11 is 5.99. The first-order valence-electron chi connectivity index (χ1n) is 7.65. The summed E-state index contributed by atoms with van der Waals surface area (Å²) in [5, 5.41) is 0.173. The van der Waals surface area contributed by atoms with Crippen molar-refractivity contribution in [1.29, 1.82) is 0 Å². The fourth-order valence-corrected chi connectivity index (χ4v) is 2.83. The number of carbonyl (C=O) groups is 1. The van der Waals surface area contributed by atoms with Crippen LogP contribution in [0, 0.1) is 6.92 Å². The van der Waals surface area contributed by atoms with E-state index in [1.807, 2.05) is 17.6 Å². The maximum absolute atomic E-state index is 12.6. The predicted molar refractivity (Wildman–Crippen MR) is 87.5 cm³/mol. The Bertz CT molecular complexity index is 590. The Hall–Kier alpha value is -1.62. The molecule has 0 radical (unpaired) electrons. The zero-order chi connectivity index (χ0) is 16.1. The molecule has 0 unspecified atom stereocenters. The van der Waals surface area contributed by atoms with Crippen LogP contribution in [-0.2, 0) is 0 Å². The molecule has 0 atom stereocenters. The highest BCUT2D eigenvalue weighted by molar-refractivity contribution is 6.28. The fraction of sp³-hybridized carbons (Fsp3) is 0.562. The maximum Gasteiger partial charge on any atom is 0.270 e. The van der Waals surface area contributed by atoms with Crippen molar-refractivity contribution in [2.75, 3.05) is 14.1 Å². The molecule has 0 aliphatic heterocycles. The second-order valence-corrected chi connectivity index (χ2v) is 6.28. The molecule has 0 aromatic carbocycles. The molecule has 0 bridgehead atoms. The van der Waals surface area contributed by atoms with Gasteiger partial charge in [0.15, 0.2) is 0 Å². The van der Waals surface area contributed by atoms with Crippen LogP contribution in [0.2, 0.25) is 5.28 Å². The first-order chi connectivity index (χ1) is 10.5. The lowest BCUT2D eigenvalue weighted by Crippen LogP contribution is -2.27. The molecule has 1 heterocycles. The van der Waals surface area contributed by atoms with E-state index in [0.29, 0.717) is 5.69 Å². The van der Waals surface area contributed by atoms with Gasteiger partial charge in [-0.05, 0) is 43.0 Å². The lowest BCUT2D eigenvalue weighted by atomic mass is 9.95. The van der Waals surface area contributed by atoms with Gasteiger partial charge in [-0.3, -0.25) is 4.79 Å². The molecular weight excluding hydrogens is 300 g/mol. The summed E-state index contributed by atoms with van der Waals surface area (Å²) in [7, 11) is 3.52. The Labute approximate surface area is 136 Å². The molecule has 1 aromatic heterocycles. The van der Waals surface area contributed by atoms with Crippen LogP contribution in [0.25, 0.3) is 0 Å². The third-order valence-corrected chi connectivity index (χ3v) is 4.09. The Balaban J connectivity index is 2.65. The second-order valence-electron chi connectivity index (χ2n) is 5.94. The fourth-order valence-electron chi connectivity index (χ4n) is 2.74. The molecule has 0 N–H and O–H groups in total. The summed E-state index contributed by atoms with van der Waals surface area (Å²) in [5.74, 6) is -0.0391. The van der Waals surface area contributed by atoms with E-state index in [-0.39, 0.29) is 17.2 Å². The minimum Gasteiger partial charge on any atom is -0.343 e. The van der Waals surface area contributed by atoms with Gasteiger partial charge in [-0.2, -0.15) is 0 Å². The van der Waals surface area contributed by atoms with E-state index in [9.17, 15) is 4.79 Å². The summed E-state index contributed by atoms with van der Waals surface area (Å²) in [6.45, 7) is 1.90. The van der Waals surface area contributed by atoms with Gasteiger partial charge in [-0.25, -0.2) is 9.97 Å². The van der Waals surface area contributed by atoms with Crippen LogP contribution in [0.5, 0.6) is 0 Å². The van der Waals surface area contributed by atoms with Crippen molar-refractivity contribution in [1.82, 2.24) is 19.4 Å². The predicted octanol–water partition coefficient (Wildman–Crippen LogP) is 3.57. The molecule has 2 rings (SSSR count). The molecule has 22 heavy (non-hydrogen) atoms. The SMILES string of the molecule is Cc1cnc(Cl)ncn(C2CCCCC2)c(C(=O)N(C)C)c1. The number of rotatable bonds is 2. The van der Waals surface area contributed by atoms with E-state index < -0.39 is 0 Å². The zero-order valence-corrected chi connectivity index (χ0v) is 14.2. The molecule has 1 aromatic rings. The highest BCUT2D eigenvalue weighted by Gasteiger charge is 2.20. The lowest BCUT2D eigenvalue weighted by molar-refractivity contribution is 0.0811. The summed E-state index contributed by atoms with van der Waals surface area (Å²) in [6, 6.07) is 2.14. The molecule has 5 nitrogen and oxygen atoms in total. The average Bonchev–Trinajstić information content (AvgIpc) is 2.58. The third kappa shape index (κ3) is 4.19. The maximum atomic E-state index is 12.6. The van der Waals surface area contributed by atoms with Gasteiger partial charge in [0.1, 0.15) is 5.69 Å². The molecule has 1 saturated carbocycles. The highest BCUT2D eigenvalue weighted by atomic mass is 35.5. The van der Waals surface area contributed by atoms with Crippen molar-refractivity contribution in [2.24, 2.45) is 0 Å². The molecule has 1 fully saturated rings. The highest BCUT2D eigenvalue weighted by Crippen LogP contribution is 2.28. The van der Waals surface area contributed by atoms with E-state index in [4.69, 9.17) is 11.6 Å². The van der Waals surface area contributed by atoms with Crippen molar-refractivity contribution in [3.05, 3.63) is 35.1 Å². The monoisotopic (exact) mass is 322 g/mol. The number of hydrogen-bond donors (Lipinski definition) is 0. The van der Waals surface area contributed by atoms with Crippen molar-refractivity contribution in [3.8, 4) is 0 Å². The van der Waals surface area contributed by atoms with Gasteiger partial charge in [0, 0.05) is 26.3 Å². The summed E-state index contributed by atoms with van der Waals surface area (Å²) in [4.78, 5) is 22.5. The van der Waals surface area contributed by atoms with Gasteiger partial charge in [0.25, 0.3) is 5.91 Å². The number of amides is 1. The van der Waals surface area contributed by atoms with E-state index in [0.717, 1.165) is 18.4 Å². The molecular formula is C16H23ClN4O. The minimum absolute atomic E-state index is 0.0391. The lowest BCUT2D eigenvalue weighted by Gasteiger charge is -2.26. The van der Waals surface area contributed by atoms with Crippen molar-refractivity contribution >= 4 is 17.5 Å². The Morgan fingerprint density at radius 3 is 2.59 bits per heavy atom. The van der Waals surface area contributed by atoms with Crippen LogP contribution in [0.4, 0.5) is 0 Å². The van der Waals surface area contributed by atoms with Crippen molar-refractivity contribution in [2.45, 2.75) is 45.1 Å². The number of aromatic nitrogens is 3. The van der Waals surface area contributed by atoms with Crippen LogP contribution in [0.15, 0.2) is 18.6 Å². The third-order valence-electron chi connectivity index (χ3n) is 3.90. The molecule has 6 heteroatoms. The van der Waals surface area contributed by atoms with Gasteiger partial charge in [-0.1, -0.05) is 19.3 Å². The van der Waals surface area contributed by atoms with Gasteiger partial charge in [0.05, 0.1) is 6.33 Å². The largest absolute Gasteiger partial charge is 0.343 e. The van der Waals surface area contributed by atoms with Gasteiger partial charge in [0.2, 0.25) is 5.28 Å². The Morgan fingerprint density at radius 2 is 1.95 bits per heavy atom. The van der Waals surface area contributed by atoms with Crippen LogP contribution in [0.3, 0.4) is 0 Å². The number of aryl methyl sites for hydroxylation is 1. The number of hydrogen-bond acceptors (Lipinski definition) is 3. The molecule has 1 amide bonds. The first-order valence-corrected chi connectivity index (χ1v) is 8.03. The molecule has 0 spiro atoms. The molecule has 1 aliphatic rings. The normalized spacial score (nSPS) is 15.3. The van der Waals surface area contributed by atoms with Gasteiger partial charge < -0.3 is 9.47 Å². The van der Waals surface area contributed by atoms with Crippen LogP contribution < -0.4 is 0 Å². The molecule has 120 valence electrons. The summed E-state index contributed by atoms with van der Waals surface area (Å²) in [6.07, 6.45) is 9.01. The Kier molecular flexibility index (Phi) is 5.77. The minimum atomic E-state index is -0.0391. The quantitative estimate of drug-likeness (QED) is 0.836. The number of halogens is 1. The van der Waals surface area contributed by atoms with Crippen LogP contribution in [-0.4, -0.2) is 39.4 Å². The van der Waals surface area contributed by atoms with Gasteiger partial charge >= 0.3 is 0 Å². The molecule has 0 saturated heterocycles. The van der Waals surface area contributed by atoms with E-state index >= 15 is 0 Å².